The van der Waals surface area contributed by atoms with Gasteiger partial charge in [-0.25, -0.2) is 0 Å². The van der Waals surface area contributed by atoms with Crippen LogP contribution in [0.4, 0.5) is 5.69 Å². The number of carbonyl (C=O) groups excluding carboxylic acids is 3. The number of aromatic nitrogens is 1. The second-order valence-electron chi connectivity index (χ2n) is 7.37. The Morgan fingerprint density at radius 2 is 1.67 bits per heavy atom. The average molecular weight is 397 g/mol. The van der Waals surface area contributed by atoms with Crippen LogP contribution in [0.25, 0.3) is 21.8 Å². The van der Waals surface area contributed by atoms with E-state index >= 15 is 0 Å². The van der Waals surface area contributed by atoms with Crippen molar-refractivity contribution < 1.29 is 14.4 Å². The summed E-state index contributed by atoms with van der Waals surface area (Å²) in [4.78, 5) is 41.9. The highest BCUT2D eigenvalue weighted by Crippen LogP contribution is 2.30. The summed E-state index contributed by atoms with van der Waals surface area (Å²) in [5, 5.41) is 5.03. The number of benzene rings is 3. The number of nitrogens with zero attached hydrogens (tertiary/aromatic N) is 1. The van der Waals surface area contributed by atoms with Gasteiger partial charge in [0.25, 0.3) is 11.8 Å². The van der Waals surface area contributed by atoms with Crippen LogP contribution in [0.1, 0.15) is 33.2 Å². The van der Waals surface area contributed by atoms with E-state index in [1.165, 1.54) is 5.56 Å². The Bertz CT molecular complexity index is 1320. The quantitative estimate of drug-likeness (QED) is 0.508. The van der Waals surface area contributed by atoms with E-state index in [-0.39, 0.29) is 6.54 Å². The van der Waals surface area contributed by atoms with Crippen molar-refractivity contribution in [3.05, 3.63) is 77.4 Å². The number of fused-ring (bicyclic) bond motifs is 4. The fourth-order valence-electron chi connectivity index (χ4n) is 4.09. The van der Waals surface area contributed by atoms with Gasteiger partial charge in [0, 0.05) is 27.5 Å². The first-order valence-corrected chi connectivity index (χ1v) is 9.85. The Morgan fingerprint density at radius 1 is 0.933 bits per heavy atom. The van der Waals surface area contributed by atoms with Crippen molar-refractivity contribution in [1.82, 2.24) is 9.88 Å². The van der Waals surface area contributed by atoms with Crippen LogP contribution in [-0.2, 0) is 11.2 Å². The number of H-pyrrole nitrogens is 1. The zero-order chi connectivity index (χ0) is 20.8. The molecular formula is C24H19N3O3. The van der Waals surface area contributed by atoms with Crippen LogP contribution in [0.15, 0.2) is 60.7 Å². The van der Waals surface area contributed by atoms with Crippen molar-refractivity contribution in [2.45, 2.75) is 13.3 Å². The normalized spacial score (nSPS) is 13.3. The Hall–Kier alpha value is -3.93. The summed E-state index contributed by atoms with van der Waals surface area (Å²) >= 11 is 0. The number of aromatic amines is 1. The molecule has 0 saturated heterocycles. The molecule has 1 aromatic heterocycles. The number of hydrogen-bond acceptors (Lipinski definition) is 3. The first-order chi connectivity index (χ1) is 14.6. The van der Waals surface area contributed by atoms with Crippen molar-refractivity contribution in [3.8, 4) is 0 Å². The van der Waals surface area contributed by atoms with E-state index in [0.717, 1.165) is 33.1 Å². The molecule has 1 aliphatic rings. The maximum absolute atomic E-state index is 12.6. The Labute approximate surface area is 172 Å². The van der Waals surface area contributed by atoms with E-state index in [9.17, 15) is 14.4 Å². The molecule has 2 heterocycles. The number of carbonyl (C=O) groups is 3. The first-order valence-electron chi connectivity index (χ1n) is 9.85. The minimum Gasteiger partial charge on any atom is -0.354 e. The molecule has 0 atom stereocenters. The van der Waals surface area contributed by atoms with Gasteiger partial charge >= 0.3 is 0 Å². The Balaban J connectivity index is 1.38. The highest BCUT2D eigenvalue weighted by atomic mass is 16.2. The Kier molecular flexibility index (Phi) is 4.13. The van der Waals surface area contributed by atoms with E-state index in [0.29, 0.717) is 16.8 Å². The lowest BCUT2D eigenvalue weighted by Crippen LogP contribution is -2.37. The van der Waals surface area contributed by atoms with Gasteiger partial charge in [0.05, 0.1) is 11.1 Å². The van der Waals surface area contributed by atoms with Crippen molar-refractivity contribution in [3.63, 3.8) is 0 Å². The fraction of sp³-hybridized carbons (Fsp3) is 0.125. The molecule has 0 saturated carbocycles. The second-order valence-corrected chi connectivity index (χ2v) is 7.37. The summed E-state index contributed by atoms with van der Waals surface area (Å²) < 4.78 is 0. The highest BCUT2D eigenvalue weighted by Gasteiger charge is 2.36. The number of anilines is 1. The SMILES string of the molecule is CCc1cccc2c1[nH]c1cc(NC(=O)CN3C(=O)c4ccccc4C3=O)ccc12. The molecule has 0 aliphatic carbocycles. The maximum atomic E-state index is 12.6. The monoisotopic (exact) mass is 397 g/mol. The summed E-state index contributed by atoms with van der Waals surface area (Å²) in [6, 6.07) is 18.5. The van der Waals surface area contributed by atoms with Crippen LogP contribution in [0, 0.1) is 0 Å². The van der Waals surface area contributed by atoms with Crippen LogP contribution in [0.3, 0.4) is 0 Å². The molecule has 1 aliphatic heterocycles. The van der Waals surface area contributed by atoms with Crippen LogP contribution in [0.2, 0.25) is 0 Å². The molecule has 3 aromatic carbocycles. The number of imide groups is 1. The second kappa shape index (κ2) is 6.84. The number of aryl methyl sites for hydroxylation is 1. The molecule has 0 spiro atoms. The van der Waals surface area contributed by atoms with Gasteiger partial charge in [-0.3, -0.25) is 19.3 Å². The summed E-state index contributed by atoms with van der Waals surface area (Å²) in [7, 11) is 0. The molecule has 30 heavy (non-hydrogen) atoms. The minimum atomic E-state index is -0.441. The van der Waals surface area contributed by atoms with Gasteiger partial charge in [-0.2, -0.15) is 0 Å². The van der Waals surface area contributed by atoms with Crippen LogP contribution in [-0.4, -0.2) is 34.2 Å². The summed E-state index contributed by atoms with van der Waals surface area (Å²) in [5.74, 6) is -1.30. The zero-order valence-electron chi connectivity index (χ0n) is 16.4. The molecule has 5 rings (SSSR count). The summed E-state index contributed by atoms with van der Waals surface area (Å²) in [5.41, 5.74) is 4.53. The molecule has 0 fully saturated rings. The maximum Gasteiger partial charge on any atom is 0.262 e. The van der Waals surface area contributed by atoms with Gasteiger partial charge in [0.15, 0.2) is 0 Å². The van der Waals surface area contributed by atoms with Crippen molar-refractivity contribution in [1.29, 1.82) is 0 Å². The van der Waals surface area contributed by atoms with Crippen LogP contribution < -0.4 is 5.32 Å². The third kappa shape index (κ3) is 2.76. The molecule has 4 aromatic rings. The topological polar surface area (TPSA) is 82.3 Å². The van der Waals surface area contributed by atoms with Crippen LogP contribution >= 0.6 is 0 Å². The van der Waals surface area contributed by atoms with Crippen molar-refractivity contribution >= 4 is 45.2 Å². The number of amides is 3. The lowest BCUT2D eigenvalue weighted by Gasteiger charge is -2.13. The van der Waals surface area contributed by atoms with E-state index in [1.54, 1.807) is 24.3 Å². The van der Waals surface area contributed by atoms with E-state index in [2.05, 4.69) is 29.4 Å². The molecule has 0 radical (unpaired) electrons. The van der Waals surface area contributed by atoms with Gasteiger partial charge in [-0.15, -0.1) is 0 Å². The molecule has 148 valence electrons. The number of hydrogen-bond donors (Lipinski definition) is 2. The van der Waals surface area contributed by atoms with Gasteiger partial charge in [0.1, 0.15) is 6.54 Å². The predicted octanol–water partition coefficient (Wildman–Crippen LogP) is 4.12. The minimum absolute atomic E-state index is 0.322. The third-order valence-corrected chi connectivity index (χ3v) is 5.56. The summed E-state index contributed by atoms with van der Waals surface area (Å²) in [6.45, 7) is 1.79. The van der Waals surface area contributed by atoms with Gasteiger partial charge in [-0.1, -0.05) is 43.3 Å². The largest absolute Gasteiger partial charge is 0.354 e. The standard InChI is InChI=1S/C24H19N3O3/c1-2-14-6-5-9-17-16-11-10-15(12-20(16)26-22(14)17)25-21(28)13-27-23(29)18-7-3-4-8-19(18)24(27)30/h3-12,26H,2,13H2,1H3,(H,25,28). The number of nitrogens with one attached hydrogen (secondary N) is 2. The smallest absolute Gasteiger partial charge is 0.262 e. The van der Waals surface area contributed by atoms with E-state index < -0.39 is 17.7 Å². The average Bonchev–Trinajstić information content (AvgIpc) is 3.24. The number of rotatable bonds is 4. The van der Waals surface area contributed by atoms with Gasteiger partial charge in [-0.05, 0) is 36.2 Å². The fourth-order valence-corrected chi connectivity index (χ4v) is 4.09. The zero-order valence-corrected chi connectivity index (χ0v) is 16.4. The third-order valence-electron chi connectivity index (χ3n) is 5.56. The number of para-hydroxylation sites is 1. The van der Waals surface area contributed by atoms with Crippen molar-refractivity contribution in [2.75, 3.05) is 11.9 Å². The molecule has 3 amide bonds. The van der Waals surface area contributed by atoms with Crippen LogP contribution in [0.5, 0.6) is 0 Å². The first kappa shape index (κ1) is 18.1. The summed E-state index contributed by atoms with van der Waals surface area (Å²) in [6.07, 6.45) is 0.925. The van der Waals surface area contributed by atoms with E-state index in [1.807, 2.05) is 24.3 Å². The van der Waals surface area contributed by atoms with Crippen molar-refractivity contribution in [2.24, 2.45) is 0 Å². The Morgan fingerprint density at radius 3 is 2.37 bits per heavy atom. The molecule has 0 unspecified atom stereocenters. The molecule has 0 bridgehead atoms. The van der Waals surface area contributed by atoms with Gasteiger partial charge < -0.3 is 10.3 Å². The predicted molar refractivity (Wildman–Crippen MR) is 116 cm³/mol. The molecule has 6 nitrogen and oxygen atoms in total. The van der Waals surface area contributed by atoms with E-state index in [4.69, 9.17) is 0 Å². The highest BCUT2D eigenvalue weighted by molar-refractivity contribution is 6.22. The molecule has 2 N–H and O–H groups in total. The molecular weight excluding hydrogens is 378 g/mol. The lowest BCUT2D eigenvalue weighted by molar-refractivity contribution is -0.116. The van der Waals surface area contributed by atoms with Gasteiger partial charge in [0.2, 0.25) is 5.91 Å². The molecule has 6 heteroatoms. The lowest BCUT2D eigenvalue weighted by atomic mass is 10.1.